The van der Waals surface area contributed by atoms with Gasteiger partial charge in [0.25, 0.3) is 0 Å². The maximum atomic E-state index is 10.3. The van der Waals surface area contributed by atoms with Crippen LogP contribution in [0.5, 0.6) is 0 Å². The molecule has 0 radical (unpaired) electrons. The van der Waals surface area contributed by atoms with Crippen LogP contribution in [0.1, 0.15) is 106 Å². The maximum Gasteiger partial charge on any atom is 0.0622 e. The third kappa shape index (κ3) is 9.87. The first-order chi connectivity index (χ1) is 10.2. The van der Waals surface area contributed by atoms with Gasteiger partial charge in [0.15, 0.2) is 0 Å². The Kier molecular flexibility index (Phi) is 11.5. The van der Waals surface area contributed by atoms with Gasteiger partial charge >= 0.3 is 0 Å². The molecule has 0 rings (SSSR count). The van der Waals surface area contributed by atoms with Gasteiger partial charge < -0.3 is 5.11 Å². The predicted octanol–water partition coefficient (Wildman–Crippen LogP) is 6.83. The fourth-order valence-electron chi connectivity index (χ4n) is 3.92. The lowest BCUT2D eigenvalue weighted by atomic mass is 9.77. The Morgan fingerprint density at radius 2 is 1.27 bits per heavy atom. The molecule has 0 aromatic rings. The largest absolute Gasteiger partial charge is 0.390 e. The lowest BCUT2D eigenvalue weighted by molar-refractivity contribution is -0.00931. The molecular weight excluding hydrogens is 268 g/mol. The minimum atomic E-state index is -0.540. The smallest absolute Gasteiger partial charge is 0.0622 e. The molecule has 0 aliphatic rings. The lowest BCUT2D eigenvalue weighted by Gasteiger charge is -2.33. The van der Waals surface area contributed by atoms with E-state index < -0.39 is 5.60 Å². The van der Waals surface area contributed by atoms with Crippen LogP contribution in [0.25, 0.3) is 0 Å². The molecule has 0 aliphatic heterocycles. The molecule has 0 bridgehead atoms. The fourth-order valence-corrected chi connectivity index (χ4v) is 3.92. The van der Waals surface area contributed by atoms with Gasteiger partial charge in [-0.05, 0) is 43.9 Å². The van der Waals surface area contributed by atoms with Crippen LogP contribution in [-0.4, -0.2) is 10.7 Å². The van der Waals surface area contributed by atoms with E-state index in [1.807, 2.05) is 13.8 Å². The van der Waals surface area contributed by atoms with E-state index >= 15 is 0 Å². The molecule has 0 fully saturated rings. The highest BCUT2D eigenvalue weighted by atomic mass is 16.3. The van der Waals surface area contributed by atoms with E-state index in [1.165, 1.54) is 57.8 Å². The molecule has 0 aromatic heterocycles. The zero-order valence-electron chi connectivity index (χ0n) is 16.6. The first kappa shape index (κ1) is 22.0. The number of hydrogen-bond donors (Lipinski definition) is 1. The third-order valence-corrected chi connectivity index (χ3v) is 5.42. The predicted molar refractivity (Wildman–Crippen MR) is 100 cm³/mol. The van der Waals surface area contributed by atoms with Crippen molar-refractivity contribution in [3.8, 4) is 0 Å². The highest BCUT2D eigenvalue weighted by molar-refractivity contribution is 4.80. The van der Waals surface area contributed by atoms with E-state index in [-0.39, 0.29) is 0 Å². The van der Waals surface area contributed by atoms with E-state index in [1.54, 1.807) is 0 Å². The summed E-state index contributed by atoms with van der Waals surface area (Å²) >= 11 is 0. The molecule has 22 heavy (non-hydrogen) atoms. The minimum Gasteiger partial charge on any atom is -0.390 e. The fraction of sp³-hybridized carbons (Fsp3) is 1.00. The second-order valence-electron chi connectivity index (χ2n) is 8.64. The van der Waals surface area contributed by atoms with Gasteiger partial charge in [-0.3, -0.25) is 0 Å². The van der Waals surface area contributed by atoms with Crippen LogP contribution < -0.4 is 0 Å². The van der Waals surface area contributed by atoms with Crippen LogP contribution in [0.4, 0.5) is 0 Å². The average molecular weight is 313 g/mol. The summed E-state index contributed by atoms with van der Waals surface area (Å²) in [6.07, 6.45) is 12.1. The van der Waals surface area contributed by atoms with Gasteiger partial charge in [-0.2, -0.15) is 0 Å². The number of aliphatic hydroxyl groups is 1. The van der Waals surface area contributed by atoms with Crippen molar-refractivity contribution in [1.29, 1.82) is 0 Å². The van der Waals surface area contributed by atoms with Crippen molar-refractivity contribution in [1.82, 2.24) is 0 Å². The molecule has 0 saturated carbocycles. The van der Waals surface area contributed by atoms with Gasteiger partial charge in [0.2, 0.25) is 0 Å². The molecule has 1 nitrogen and oxygen atoms in total. The topological polar surface area (TPSA) is 20.2 Å². The second kappa shape index (κ2) is 11.5. The van der Waals surface area contributed by atoms with Gasteiger partial charge in [0.1, 0.15) is 0 Å². The normalized spacial score (nSPS) is 15.5. The monoisotopic (exact) mass is 312 g/mol. The van der Waals surface area contributed by atoms with Crippen LogP contribution in [-0.2, 0) is 0 Å². The van der Waals surface area contributed by atoms with E-state index in [0.717, 1.165) is 11.8 Å². The van der Waals surface area contributed by atoms with Crippen molar-refractivity contribution >= 4 is 0 Å². The van der Waals surface area contributed by atoms with E-state index in [0.29, 0.717) is 11.8 Å². The van der Waals surface area contributed by atoms with Crippen LogP contribution in [0.2, 0.25) is 0 Å². The summed E-state index contributed by atoms with van der Waals surface area (Å²) in [5.74, 6) is 2.65. The number of hydrogen-bond acceptors (Lipinski definition) is 1. The van der Waals surface area contributed by atoms with Crippen LogP contribution in [0.15, 0.2) is 0 Å². The SMILES string of the molecule is CCCCCCCC(CCCC(C(C)C)C(C)(C)O)C(C)C. The molecule has 0 aliphatic carbocycles. The molecule has 2 atom stereocenters. The number of rotatable bonds is 13. The Hall–Kier alpha value is -0.0400. The Bertz CT molecular complexity index is 249. The Labute approximate surface area is 141 Å². The zero-order chi connectivity index (χ0) is 17.2. The van der Waals surface area contributed by atoms with Gasteiger partial charge in [-0.1, -0.05) is 86.0 Å². The average Bonchev–Trinajstić information content (AvgIpc) is 2.38. The van der Waals surface area contributed by atoms with Crippen molar-refractivity contribution in [2.24, 2.45) is 23.7 Å². The summed E-state index contributed by atoms with van der Waals surface area (Å²) in [7, 11) is 0. The van der Waals surface area contributed by atoms with Gasteiger partial charge in [0.05, 0.1) is 5.60 Å². The summed E-state index contributed by atoms with van der Waals surface area (Å²) in [5.41, 5.74) is -0.540. The number of unbranched alkanes of at least 4 members (excludes halogenated alkanes) is 4. The summed E-state index contributed by atoms with van der Waals surface area (Å²) in [5, 5.41) is 10.3. The van der Waals surface area contributed by atoms with Crippen LogP contribution in [0, 0.1) is 23.7 Å². The summed E-state index contributed by atoms with van der Waals surface area (Å²) in [4.78, 5) is 0. The molecular formula is C21H44O. The zero-order valence-corrected chi connectivity index (χ0v) is 16.6. The first-order valence-corrected chi connectivity index (χ1v) is 9.92. The molecule has 1 N–H and O–H groups in total. The molecule has 134 valence electrons. The van der Waals surface area contributed by atoms with Gasteiger partial charge in [0, 0.05) is 0 Å². The standard InChI is InChI=1S/C21H44O/c1-8-9-10-11-12-14-19(17(2)3)15-13-16-20(18(4)5)21(6,7)22/h17-20,22H,8-16H2,1-7H3. The van der Waals surface area contributed by atoms with E-state index in [4.69, 9.17) is 0 Å². The minimum absolute atomic E-state index is 0.421. The molecule has 0 heterocycles. The second-order valence-corrected chi connectivity index (χ2v) is 8.64. The molecule has 2 unspecified atom stereocenters. The Morgan fingerprint density at radius 3 is 1.73 bits per heavy atom. The Balaban J connectivity index is 4.13. The molecule has 0 spiro atoms. The molecule has 0 aromatic carbocycles. The van der Waals surface area contributed by atoms with E-state index in [2.05, 4.69) is 34.6 Å². The molecule has 1 heteroatoms. The third-order valence-electron chi connectivity index (χ3n) is 5.42. The first-order valence-electron chi connectivity index (χ1n) is 9.92. The summed E-state index contributed by atoms with van der Waals surface area (Å²) < 4.78 is 0. The van der Waals surface area contributed by atoms with Gasteiger partial charge in [-0.25, -0.2) is 0 Å². The Morgan fingerprint density at radius 1 is 0.727 bits per heavy atom. The van der Waals surface area contributed by atoms with Crippen LogP contribution in [0.3, 0.4) is 0 Å². The summed E-state index contributed by atoms with van der Waals surface area (Å²) in [6.45, 7) is 15.5. The quantitative estimate of drug-likeness (QED) is 0.369. The highest BCUT2D eigenvalue weighted by Gasteiger charge is 2.29. The highest BCUT2D eigenvalue weighted by Crippen LogP contribution is 2.32. The van der Waals surface area contributed by atoms with Crippen LogP contribution >= 0.6 is 0 Å². The molecule has 0 amide bonds. The van der Waals surface area contributed by atoms with Crippen molar-refractivity contribution in [3.05, 3.63) is 0 Å². The van der Waals surface area contributed by atoms with Crippen molar-refractivity contribution < 1.29 is 5.11 Å². The molecule has 0 saturated heterocycles. The van der Waals surface area contributed by atoms with Crippen molar-refractivity contribution in [3.63, 3.8) is 0 Å². The maximum absolute atomic E-state index is 10.3. The summed E-state index contributed by atoms with van der Waals surface area (Å²) in [6, 6.07) is 0. The lowest BCUT2D eigenvalue weighted by Crippen LogP contribution is -2.34. The van der Waals surface area contributed by atoms with E-state index in [9.17, 15) is 5.11 Å². The van der Waals surface area contributed by atoms with Crippen molar-refractivity contribution in [2.45, 2.75) is 112 Å². The van der Waals surface area contributed by atoms with Gasteiger partial charge in [-0.15, -0.1) is 0 Å². The van der Waals surface area contributed by atoms with Crippen molar-refractivity contribution in [2.75, 3.05) is 0 Å².